The number of rotatable bonds is 4. The van der Waals surface area contributed by atoms with E-state index in [1.54, 1.807) is 47.5 Å². The van der Waals surface area contributed by atoms with Crippen LogP contribution in [0, 0.1) is 0 Å². The van der Waals surface area contributed by atoms with Crippen molar-refractivity contribution in [1.82, 2.24) is 15.1 Å². The zero-order valence-corrected chi connectivity index (χ0v) is 13.9. The molecule has 0 atom stereocenters. The molecule has 0 bridgehead atoms. The lowest BCUT2D eigenvalue weighted by atomic mass is 10.1. The van der Waals surface area contributed by atoms with Gasteiger partial charge < -0.3 is 14.4 Å². The van der Waals surface area contributed by atoms with Gasteiger partial charge in [-0.3, -0.25) is 4.79 Å². The number of nitrogens with zero attached hydrogens (tertiary/aromatic N) is 3. The van der Waals surface area contributed by atoms with Gasteiger partial charge in [0.05, 0.1) is 12.7 Å². The van der Waals surface area contributed by atoms with Crippen LogP contribution in [0.25, 0.3) is 0 Å². The summed E-state index contributed by atoms with van der Waals surface area (Å²) in [6, 6.07) is 10.0. The number of hydrogen-bond donors (Lipinski definition) is 0. The molecule has 130 valence electrons. The highest BCUT2D eigenvalue weighted by atomic mass is 16.5. The first-order valence-corrected chi connectivity index (χ1v) is 8.09. The first-order valence-electron chi connectivity index (χ1n) is 8.09. The SMILES string of the molecule is COC(=O)c1ccc(C(=O)N2CCC(Oc3cccnn3)CC2)cc1. The first-order chi connectivity index (χ1) is 12.2. The van der Waals surface area contributed by atoms with Gasteiger partial charge in [0, 0.05) is 43.8 Å². The molecule has 3 rings (SSSR count). The minimum absolute atomic E-state index is 0.0300. The Bertz CT molecular complexity index is 726. The van der Waals surface area contributed by atoms with E-state index in [0.29, 0.717) is 30.1 Å². The molecule has 1 amide bonds. The first kappa shape index (κ1) is 16.9. The zero-order valence-electron chi connectivity index (χ0n) is 13.9. The number of amides is 1. The molecule has 25 heavy (non-hydrogen) atoms. The molecular weight excluding hydrogens is 322 g/mol. The summed E-state index contributed by atoms with van der Waals surface area (Å²) in [6.07, 6.45) is 3.10. The second-order valence-corrected chi connectivity index (χ2v) is 5.74. The van der Waals surface area contributed by atoms with Crippen molar-refractivity contribution < 1.29 is 19.1 Å². The molecule has 2 heterocycles. The molecule has 1 aliphatic heterocycles. The van der Waals surface area contributed by atoms with Crippen LogP contribution in [0.5, 0.6) is 5.88 Å². The smallest absolute Gasteiger partial charge is 0.337 e. The van der Waals surface area contributed by atoms with Crippen molar-refractivity contribution in [2.45, 2.75) is 18.9 Å². The maximum absolute atomic E-state index is 12.6. The summed E-state index contributed by atoms with van der Waals surface area (Å²) in [4.78, 5) is 25.8. The van der Waals surface area contributed by atoms with E-state index in [9.17, 15) is 9.59 Å². The number of carbonyl (C=O) groups excluding carboxylic acids is 2. The molecule has 0 aliphatic carbocycles. The fraction of sp³-hybridized carbons (Fsp3) is 0.333. The molecule has 1 saturated heterocycles. The lowest BCUT2D eigenvalue weighted by Crippen LogP contribution is -2.41. The number of ether oxygens (including phenoxy) is 2. The van der Waals surface area contributed by atoms with Crippen LogP contribution in [-0.2, 0) is 4.74 Å². The summed E-state index contributed by atoms with van der Waals surface area (Å²) >= 11 is 0. The van der Waals surface area contributed by atoms with E-state index in [-0.39, 0.29) is 12.0 Å². The molecule has 0 unspecified atom stereocenters. The van der Waals surface area contributed by atoms with Crippen molar-refractivity contribution >= 4 is 11.9 Å². The number of esters is 1. The summed E-state index contributed by atoms with van der Waals surface area (Å²) in [5, 5.41) is 7.70. The molecule has 0 radical (unpaired) electrons. The van der Waals surface area contributed by atoms with Gasteiger partial charge in [0.2, 0.25) is 5.88 Å². The van der Waals surface area contributed by atoms with Gasteiger partial charge in [0.1, 0.15) is 6.10 Å². The summed E-state index contributed by atoms with van der Waals surface area (Å²) in [6.45, 7) is 1.23. The highest BCUT2D eigenvalue weighted by molar-refractivity contribution is 5.96. The van der Waals surface area contributed by atoms with Gasteiger partial charge in [-0.05, 0) is 30.3 Å². The normalized spacial score (nSPS) is 14.8. The summed E-state index contributed by atoms with van der Waals surface area (Å²) in [5.74, 6) is 0.0426. The number of carbonyl (C=O) groups is 2. The third-order valence-corrected chi connectivity index (χ3v) is 4.12. The van der Waals surface area contributed by atoms with Crippen molar-refractivity contribution in [2.75, 3.05) is 20.2 Å². The summed E-state index contributed by atoms with van der Waals surface area (Å²) in [5.41, 5.74) is 0.982. The van der Waals surface area contributed by atoms with E-state index in [4.69, 9.17) is 4.74 Å². The number of hydrogen-bond acceptors (Lipinski definition) is 6. The van der Waals surface area contributed by atoms with Crippen LogP contribution in [0.4, 0.5) is 0 Å². The van der Waals surface area contributed by atoms with Gasteiger partial charge in [-0.15, -0.1) is 5.10 Å². The molecule has 1 aromatic heterocycles. The van der Waals surface area contributed by atoms with Gasteiger partial charge in [-0.2, -0.15) is 5.10 Å². The topological polar surface area (TPSA) is 81.6 Å². The monoisotopic (exact) mass is 341 g/mol. The van der Waals surface area contributed by atoms with Gasteiger partial charge in [0.25, 0.3) is 5.91 Å². The number of benzene rings is 1. The van der Waals surface area contributed by atoms with Gasteiger partial charge in [0.15, 0.2) is 0 Å². The van der Waals surface area contributed by atoms with Gasteiger partial charge in [-0.25, -0.2) is 4.79 Å². The maximum atomic E-state index is 12.6. The van der Waals surface area contributed by atoms with E-state index < -0.39 is 5.97 Å². The highest BCUT2D eigenvalue weighted by Gasteiger charge is 2.25. The van der Waals surface area contributed by atoms with E-state index in [0.717, 1.165) is 12.8 Å². The molecule has 1 aliphatic rings. The third-order valence-electron chi connectivity index (χ3n) is 4.12. The third kappa shape index (κ3) is 4.12. The Hall–Kier alpha value is -2.96. The lowest BCUT2D eigenvalue weighted by Gasteiger charge is -2.31. The molecule has 1 fully saturated rings. The van der Waals surface area contributed by atoms with Gasteiger partial charge in [-0.1, -0.05) is 0 Å². The van der Waals surface area contributed by atoms with Crippen molar-refractivity contribution in [3.63, 3.8) is 0 Å². The van der Waals surface area contributed by atoms with Crippen molar-refractivity contribution in [1.29, 1.82) is 0 Å². The standard InChI is InChI=1S/C18H19N3O4/c1-24-18(23)14-6-4-13(5-7-14)17(22)21-11-8-15(9-12-21)25-16-3-2-10-19-20-16/h2-7,10,15H,8-9,11-12H2,1H3. The van der Waals surface area contributed by atoms with Crippen molar-refractivity contribution in [3.05, 3.63) is 53.7 Å². The Kier molecular flexibility index (Phi) is 5.23. The Morgan fingerprint density at radius 2 is 1.76 bits per heavy atom. The number of likely N-dealkylation sites (tertiary alicyclic amines) is 1. The molecule has 7 heteroatoms. The molecule has 0 spiro atoms. The minimum Gasteiger partial charge on any atom is -0.473 e. The predicted molar refractivity (Wildman–Crippen MR) is 89.4 cm³/mol. The zero-order chi connectivity index (χ0) is 17.6. The fourth-order valence-electron chi connectivity index (χ4n) is 2.75. The van der Waals surface area contributed by atoms with Crippen molar-refractivity contribution in [2.24, 2.45) is 0 Å². The van der Waals surface area contributed by atoms with Crippen LogP contribution >= 0.6 is 0 Å². The number of aromatic nitrogens is 2. The molecule has 0 saturated carbocycles. The maximum Gasteiger partial charge on any atom is 0.337 e. The quantitative estimate of drug-likeness (QED) is 0.791. The fourth-order valence-corrected chi connectivity index (χ4v) is 2.75. The largest absolute Gasteiger partial charge is 0.473 e. The average molecular weight is 341 g/mol. The Morgan fingerprint density at radius 3 is 2.36 bits per heavy atom. The van der Waals surface area contributed by atoms with E-state index in [1.165, 1.54) is 7.11 Å². The lowest BCUT2D eigenvalue weighted by molar-refractivity contribution is 0.0578. The molecular formula is C18H19N3O4. The van der Waals surface area contributed by atoms with Crippen LogP contribution in [0.1, 0.15) is 33.6 Å². The predicted octanol–water partition coefficient (Wildman–Crippen LogP) is 1.95. The van der Waals surface area contributed by atoms with E-state index >= 15 is 0 Å². The number of piperidine rings is 1. The Morgan fingerprint density at radius 1 is 1.08 bits per heavy atom. The second kappa shape index (κ2) is 7.74. The minimum atomic E-state index is -0.416. The molecule has 7 nitrogen and oxygen atoms in total. The molecule has 1 aromatic carbocycles. The van der Waals surface area contributed by atoms with Crippen LogP contribution in [0.15, 0.2) is 42.6 Å². The number of methoxy groups -OCH3 is 1. The second-order valence-electron chi connectivity index (χ2n) is 5.74. The molecule has 0 N–H and O–H groups in total. The van der Waals surface area contributed by atoms with Crippen LogP contribution in [0.2, 0.25) is 0 Å². The average Bonchev–Trinajstić information content (AvgIpc) is 2.68. The van der Waals surface area contributed by atoms with Gasteiger partial charge >= 0.3 is 5.97 Å². The van der Waals surface area contributed by atoms with E-state index in [1.807, 2.05) is 0 Å². The Labute approximate surface area is 145 Å². The van der Waals surface area contributed by atoms with Crippen molar-refractivity contribution in [3.8, 4) is 5.88 Å². The van der Waals surface area contributed by atoms with Crippen LogP contribution in [0.3, 0.4) is 0 Å². The van der Waals surface area contributed by atoms with Crippen LogP contribution in [-0.4, -0.2) is 53.3 Å². The van der Waals surface area contributed by atoms with E-state index in [2.05, 4.69) is 14.9 Å². The summed E-state index contributed by atoms with van der Waals surface area (Å²) in [7, 11) is 1.33. The highest BCUT2D eigenvalue weighted by Crippen LogP contribution is 2.18. The van der Waals surface area contributed by atoms with Crippen LogP contribution < -0.4 is 4.74 Å². The summed E-state index contributed by atoms with van der Waals surface area (Å²) < 4.78 is 10.4. The molecule has 2 aromatic rings. The Balaban J connectivity index is 1.55.